The van der Waals surface area contributed by atoms with Crippen LogP contribution in [-0.2, 0) is 10.4 Å². The van der Waals surface area contributed by atoms with E-state index in [1.807, 2.05) is 12.1 Å². The van der Waals surface area contributed by atoms with Gasteiger partial charge in [0.15, 0.2) is 0 Å². The highest BCUT2D eigenvalue weighted by Crippen LogP contribution is 2.45. The molecule has 1 unspecified atom stereocenters. The Labute approximate surface area is 256 Å². The lowest BCUT2D eigenvalue weighted by Gasteiger charge is -2.45. The molecule has 2 heterocycles. The fourth-order valence-electron chi connectivity index (χ4n) is 6.28. The number of carbonyl (C=O) groups is 2. The number of benzene rings is 2. The number of rotatable bonds is 8. The number of piperidine rings is 2. The van der Waals surface area contributed by atoms with E-state index in [4.69, 9.17) is 16.3 Å². The molecular weight excluding hydrogens is 583 g/mol. The second kappa shape index (κ2) is 12.9. The zero-order valence-corrected chi connectivity index (χ0v) is 26.0. The molecule has 2 aromatic carbocycles. The Hall–Kier alpha value is -2.98. The quantitative estimate of drug-likeness (QED) is 0.383. The monoisotopic (exact) mass is 623 g/mol. The van der Waals surface area contributed by atoms with Crippen molar-refractivity contribution in [2.75, 3.05) is 51.8 Å². The first-order valence-corrected chi connectivity index (χ1v) is 15.1. The number of alkyl halides is 3. The molecule has 1 N–H and O–H groups in total. The van der Waals surface area contributed by atoms with E-state index in [2.05, 4.69) is 11.8 Å². The van der Waals surface area contributed by atoms with Crippen molar-refractivity contribution in [1.82, 2.24) is 9.80 Å². The molecule has 0 saturated carbocycles. The number of hydrogen-bond acceptors (Lipinski definition) is 5. The van der Waals surface area contributed by atoms with Crippen molar-refractivity contribution in [1.29, 1.82) is 0 Å². The predicted octanol–water partition coefficient (Wildman–Crippen LogP) is 6.13. The summed E-state index contributed by atoms with van der Waals surface area (Å²) in [5.41, 5.74) is -2.87. The molecule has 2 aliphatic heterocycles. The fourth-order valence-corrected chi connectivity index (χ4v) is 6.53. The summed E-state index contributed by atoms with van der Waals surface area (Å²) in [6.07, 6.45) is -1.25. The van der Waals surface area contributed by atoms with Crippen LogP contribution in [0.15, 0.2) is 42.5 Å². The summed E-state index contributed by atoms with van der Waals surface area (Å²) < 4.78 is 48.1. The Bertz CT molecular complexity index is 1310. The van der Waals surface area contributed by atoms with Crippen molar-refractivity contribution in [3.63, 3.8) is 0 Å². The molecule has 4 rings (SSSR count). The first kappa shape index (κ1) is 32.9. The number of ether oxygens (including phenoxy) is 1. The lowest BCUT2D eigenvalue weighted by molar-refractivity contribution is -0.262. The molecular formula is C32H41ClF3N3O4. The minimum Gasteiger partial charge on any atom is -0.494 e. The second-order valence-corrected chi connectivity index (χ2v) is 12.7. The summed E-state index contributed by atoms with van der Waals surface area (Å²) in [4.78, 5) is 30.5. The number of hydrogen-bond donors (Lipinski definition) is 1. The van der Waals surface area contributed by atoms with Crippen LogP contribution in [0.4, 0.5) is 18.9 Å². The van der Waals surface area contributed by atoms with E-state index in [1.165, 1.54) is 17.0 Å². The number of nitrogens with zero attached hydrogens (tertiary/aromatic N) is 3. The zero-order valence-electron chi connectivity index (χ0n) is 25.2. The van der Waals surface area contributed by atoms with Gasteiger partial charge in [-0.3, -0.25) is 9.59 Å². The van der Waals surface area contributed by atoms with Gasteiger partial charge in [0.1, 0.15) is 5.75 Å². The largest absolute Gasteiger partial charge is 0.494 e. The molecule has 7 nitrogen and oxygen atoms in total. The average molecular weight is 624 g/mol. The highest BCUT2D eigenvalue weighted by molar-refractivity contribution is 6.34. The second-order valence-electron chi connectivity index (χ2n) is 12.3. The van der Waals surface area contributed by atoms with E-state index in [0.717, 1.165) is 55.1 Å². The molecule has 43 heavy (non-hydrogen) atoms. The van der Waals surface area contributed by atoms with Crippen LogP contribution in [0, 0.1) is 11.3 Å². The van der Waals surface area contributed by atoms with E-state index < -0.39 is 23.2 Å². The Balaban J connectivity index is 1.35. The van der Waals surface area contributed by atoms with Crippen LogP contribution in [-0.4, -0.2) is 79.8 Å². The third kappa shape index (κ3) is 7.06. The highest BCUT2D eigenvalue weighted by atomic mass is 35.5. The van der Waals surface area contributed by atoms with Crippen LogP contribution in [0.1, 0.15) is 61.9 Å². The van der Waals surface area contributed by atoms with E-state index in [1.54, 1.807) is 27.1 Å². The summed E-state index contributed by atoms with van der Waals surface area (Å²) in [5.74, 6) is -0.884. The number of likely N-dealkylation sites (tertiary alicyclic amines) is 1. The van der Waals surface area contributed by atoms with Gasteiger partial charge in [0.05, 0.1) is 17.2 Å². The Morgan fingerprint density at radius 1 is 1.07 bits per heavy atom. The van der Waals surface area contributed by atoms with Crippen LogP contribution in [0.5, 0.6) is 5.75 Å². The lowest BCUT2D eigenvalue weighted by atomic mass is 9.71. The molecule has 1 atom stereocenters. The molecule has 0 spiro atoms. The van der Waals surface area contributed by atoms with Crippen molar-refractivity contribution in [3.8, 4) is 5.75 Å². The molecule has 0 aliphatic carbocycles. The Morgan fingerprint density at radius 3 is 2.28 bits per heavy atom. The van der Waals surface area contributed by atoms with Crippen LogP contribution in [0.2, 0.25) is 5.02 Å². The van der Waals surface area contributed by atoms with Crippen molar-refractivity contribution >= 4 is 29.1 Å². The molecule has 11 heteroatoms. The summed E-state index contributed by atoms with van der Waals surface area (Å²) in [6.45, 7) is 6.05. The molecule has 0 radical (unpaired) electrons. The van der Waals surface area contributed by atoms with Gasteiger partial charge < -0.3 is 24.5 Å². The van der Waals surface area contributed by atoms with Gasteiger partial charge in [0.2, 0.25) is 0 Å². The third-order valence-electron chi connectivity index (χ3n) is 8.89. The molecule has 236 valence electrons. The highest BCUT2D eigenvalue weighted by Gasteiger charge is 2.62. The van der Waals surface area contributed by atoms with E-state index in [-0.39, 0.29) is 36.8 Å². The zero-order chi connectivity index (χ0) is 31.6. The van der Waals surface area contributed by atoms with E-state index in [0.29, 0.717) is 29.3 Å². The maximum atomic E-state index is 14.3. The molecule has 2 fully saturated rings. The van der Waals surface area contributed by atoms with Gasteiger partial charge >= 0.3 is 6.18 Å². The molecule has 2 saturated heterocycles. The smallest absolute Gasteiger partial charge is 0.430 e. The molecule has 0 bridgehead atoms. The molecule has 2 amide bonds. The topological polar surface area (TPSA) is 73.3 Å². The summed E-state index contributed by atoms with van der Waals surface area (Å²) in [5, 5.41) is 11.3. The maximum absolute atomic E-state index is 14.3. The van der Waals surface area contributed by atoms with E-state index in [9.17, 15) is 27.9 Å². The molecule has 2 aliphatic rings. The molecule has 2 aromatic rings. The minimum atomic E-state index is -5.20. The van der Waals surface area contributed by atoms with Gasteiger partial charge in [-0.25, -0.2) is 0 Å². The standard InChI is InChI=1S/C32H41ClF3N3O4/c1-5-43-25-8-6-7-23(19-25)31(42,32(34,35)36)29(41)39-17-13-30(2,14-18-39)21-22-11-15-38(16-12-22)24-9-10-26(27(33)20-24)28(40)37(3)4/h6-10,19-20,22,42H,5,11-18,21H2,1-4H3. The lowest BCUT2D eigenvalue weighted by Crippen LogP contribution is -2.57. The fraction of sp³-hybridized carbons (Fsp3) is 0.562. The third-order valence-corrected chi connectivity index (χ3v) is 9.20. The van der Waals surface area contributed by atoms with Crippen molar-refractivity contribution < 1.29 is 32.6 Å². The number of anilines is 1. The number of amides is 2. The van der Waals surface area contributed by atoms with Crippen molar-refractivity contribution in [2.45, 2.75) is 57.7 Å². The van der Waals surface area contributed by atoms with Gasteiger partial charge in [0.25, 0.3) is 17.4 Å². The summed E-state index contributed by atoms with van der Waals surface area (Å²) in [6, 6.07) is 10.6. The Kier molecular flexibility index (Phi) is 9.91. The van der Waals surface area contributed by atoms with Gasteiger partial charge in [-0.2, -0.15) is 13.2 Å². The number of aliphatic hydroxyl groups is 1. The van der Waals surface area contributed by atoms with Crippen LogP contribution >= 0.6 is 11.6 Å². The van der Waals surface area contributed by atoms with Crippen LogP contribution < -0.4 is 9.64 Å². The van der Waals surface area contributed by atoms with Gasteiger partial charge in [-0.15, -0.1) is 0 Å². The van der Waals surface area contributed by atoms with Crippen molar-refractivity contribution in [3.05, 3.63) is 58.6 Å². The average Bonchev–Trinajstić information content (AvgIpc) is 2.96. The number of halogens is 4. The summed E-state index contributed by atoms with van der Waals surface area (Å²) in [7, 11) is 3.37. The van der Waals surface area contributed by atoms with Crippen LogP contribution in [0.3, 0.4) is 0 Å². The predicted molar refractivity (Wildman–Crippen MR) is 161 cm³/mol. The van der Waals surface area contributed by atoms with Crippen LogP contribution in [0.25, 0.3) is 0 Å². The first-order valence-electron chi connectivity index (χ1n) is 14.8. The van der Waals surface area contributed by atoms with E-state index >= 15 is 0 Å². The van der Waals surface area contributed by atoms with Gasteiger partial charge in [-0.05, 0) is 80.7 Å². The van der Waals surface area contributed by atoms with Gasteiger partial charge in [0, 0.05) is 51.5 Å². The summed E-state index contributed by atoms with van der Waals surface area (Å²) >= 11 is 6.42. The van der Waals surface area contributed by atoms with Crippen molar-refractivity contribution in [2.24, 2.45) is 11.3 Å². The molecule has 0 aromatic heterocycles. The normalized spacial score (nSPS) is 19.1. The Morgan fingerprint density at radius 2 is 1.72 bits per heavy atom. The minimum absolute atomic E-state index is 0.119. The SMILES string of the molecule is CCOc1cccc(C(O)(C(=O)N2CCC(C)(CC3CCN(c4ccc(C(=O)N(C)C)c(Cl)c4)CC3)CC2)C(F)(F)F)c1. The maximum Gasteiger partial charge on any atom is 0.430 e. The number of carbonyl (C=O) groups excluding carboxylic acids is 2. The first-order chi connectivity index (χ1) is 20.2. The van der Waals surface area contributed by atoms with Gasteiger partial charge in [-0.1, -0.05) is 30.7 Å².